The van der Waals surface area contributed by atoms with Gasteiger partial charge < -0.3 is 32.8 Å². The normalized spacial score (nSPS) is 11.7. The van der Waals surface area contributed by atoms with E-state index in [1.807, 2.05) is 30.3 Å². The highest BCUT2D eigenvalue weighted by molar-refractivity contribution is 6.60. The molecule has 150 valence electrons. The van der Waals surface area contributed by atoms with Gasteiger partial charge in [-0.3, -0.25) is 0 Å². The second kappa shape index (κ2) is 15.1. The Balaban J connectivity index is 2.57. The van der Waals surface area contributed by atoms with E-state index in [2.05, 4.69) is 5.32 Å². The highest BCUT2D eigenvalue weighted by atomic mass is 28.4. The molecule has 0 spiro atoms. The minimum Gasteiger partial charge on any atom is -0.385 e. The summed E-state index contributed by atoms with van der Waals surface area (Å²) >= 11 is 0. The standard InChI is InChI=1S/C18H33NO6Si/c1-20-11-14-23-26(24-15-12-21-2,25-16-13-22-3)17-7-10-19-18-8-5-4-6-9-18/h4-6,8-9,19H,7,10-17H2,1-3H3. The number of hydrogen-bond acceptors (Lipinski definition) is 7. The van der Waals surface area contributed by atoms with Crippen LogP contribution >= 0.6 is 0 Å². The molecule has 0 radical (unpaired) electrons. The van der Waals surface area contributed by atoms with Gasteiger partial charge in [0, 0.05) is 39.6 Å². The highest BCUT2D eigenvalue weighted by Crippen LogP contribution is 2.19. The molecule has 0 fully saturated rings. The SMILES string of the molecule is COCCO[Si](CCCNc1ccccc1)(OCCOC)OCCOC. The van der Waals surface area contributed by atoms with Crippen molar-refractivity contribution >= 4 is 14.5 Å². The molecule has 8 heteroatoms. The van der Waals surface area contributed by atoms with E-state index in [4.69, 9.17) is 27.5 Å². The molecule has 0 heterocycles. The van der Waals surface area contributed by atoms with E-state index in [0.29, 0.717) is 45.7 Å². The summed E-state index contributed by atoms with van der Waals surface area (Å²) in [6.45, 7) is 3.63. The van der Waals surface area contributed by atoms with E-state index in [1.165, 1.54) is 0 Å². The molecule has 0 atom stereocenters. The van der Waals surface area contributed by atoms with Crippen LogP contribution < -0.4 is 5.32 Å². The minimum absolute atomic E-state index is 0.439. The third-order valence-electron chi connectivity index (χ3n) is 3.59. The second-order valence-electron chi connectivity index (χ2n) is 5.60. The first-order valence-corrected chi connectivity index (χ1v) is 10.9. The fourth-order valence-corrected chi connectivity index (χ4v) is 4.75. The van der Waals surface area contributed by atoms with Crippen LogP contribution in [0.2, 0.25) is 6.04 Å². The molecule has 1 aromatic rings. The van der Waals surface area contributed by atoms with Crippen LogP contribution in [0.1, 0.15) is 6.42 Å². The van der Waals surface area contributed by atoms with Crippen LogP contribution in [0.5, 0.6) is 0 Å². The quantitative estimate of drug-likeness (QED) is 0.325. The molecule has 1 aromatic carbocycles. The van der Waals surface area contributed by atoms with Crippen molar-refractivity contribution in [2.24, 2.45) is 0 Å². The van der Waals surface area contributed by atoms with Crippen molar-refractivity contribution in [2.45, 2.75) is 12.5 Å². The Morgan fingerprint density at radius 1 is 0.731 bits per heavy atom. The number of para-hydroxylation sites is 1. The van der Waals surface area contributed by atoms with Gasteiger partial charge in [0.25, 0.3) is 0 Å². The molecule has 0 saturated carbocycles. The van der Waals surface area contributed by atoms with E-state index >= 15 is 0 Å². The van der Waals surface area contributed by atoms with Gasteiger partial charge in [-0.15, -0.1) is 0 Å². The van der Waals surface area contributed by atoms with Crippen molar-refractivity contribution in [3.63, 3.8) is 0 Å². The molecule has 0 bridgehead atoms. The molecule has 7 nitrogen and oxygen atoms in total. The van der Waals surface area contributed by atoms with Crippen molar-refractivity contribution in [3.8, 4) is 0 Å². The van der Waals surface area contributed by atoms with Crippen LogP contribution in [-0.2, 0) is 27.5 Å². The molecule has 0 unspecified atom stereocenters. The van der Waals surface area contributed by atoms with Crippen LogP contribution in [-0.4, -0.2) is 76.3 Å². The smallest absolute Gasteiger partial charge is 0.385 e. The Morgan fingerprint density at radius 3 is 1.69 bits per heavy atom. The summed E-state index contributed by atoms with van der Waals surface area (Å²) < 4.78 is 33.4. The minimum atomic E-state index is -2.83. The lowest BCUT2D eigenvalue weighted by Crippen LogP contribution is -2.48. The van der Waals surface area contributed by atoms with Crippen LogP contribution in [0.4, 0.5) is 5.69 Å². The maximum atomic E-state index is 6.05. The van der Waals surface area contributed by atoms with E-state index in [0.717, 1.165) is 18.7 Å². The zero-order valence-corrected chi connectivity index (χ0v) is 17.2. The number of ether oxygens (including phenoxy) is 3. The number of benzene rings is 1. The van der Waals surface area contributed by atoms with Gasteiger partial charge in [-0.1, -0.05) is 18.2 Å². The van der Waals surface area contributed by atoms with Gasteiger partial charge in [0.05, 0.1) is 39.6 Å². The van der Waals surface area contributed by atoms with Gasteiger partial charge in [0.15, 0.2) is 0 Å². The van der Waals surface area contributed by atoms with Crippen LogP contribution in [0.15, 0.2) is 30.3 Å². The van der Waals surface area contributed by atoms with Crippen LogP contribution in [0.3, 0.4) is 0 Å². The van der Waals surface area contributed by atoms with Crippen molar-refractivity contribution in [1.82, 2.24) is 0 Å². The van der Waals surface area contributed by atoms with Crippen molar-refractivity contribution in [1.29, 1.82) is 0 Å². The monoisotopic (exact) mass is 387 g/mol. The van der Waals surface area contributed by atoms with Gasteiger partial charge in [-0.2, -0.15) is 0 Å². The summed E-state index contributed by atoms with van der Waals surface area (Å²) in [6, 6.07) is 10.8. The summed E-state index contributed by atoms with van der Waals surface area (Å²) in [7, 11) is 2.11. The Hall–Kier alpha value is -1.00. The van der Waals surface area contributed by atoms with E-state index in [1.54, 1.807) is 21.3 Å². The lowest BCUT2D eigenvalue weighted by molar-refractivity contribution is 0.0145. The predicted molar refractivity (Wildman–Crippen MR) is 104 cm³/mol. The van der Waals surface area contributed by atoms with Crippen molar-refractivity contribution in [3.05, 3.63) is 30.3 Å². The average molecular weight is 388 g/mol. The number of methoxy groups -OCH3 is 3. The molecule has 0 aliphatic heterocycles. The van der Waals surface area contributed by atoms with E-state index in [9.17, 15) is 0 Å². The van der Waals surface area contributed by atoms with Gasteiger partial charge in [0.2, 0.25) is 0 Å². The number of nitrogens with one attached hydrogen (secondary N) is 1. The summed E-state index contributed by atoms with van der Waals surface area (Å²) in [6.07, 6.45) is 0.869. The zero-order chi connectivity index (χ0) is 18.9. The summed E-state index contributed by atoms with van der Waals surface area (Å²) in [4.78, 5) is 0. The summed E-state index contributed by atoms with van der Waals surface area (Å²) in [5.41, 5.74) is 1.10. The lowest BCUT2D eigenvalue weighted by Gasteiger charge is -2.29. The lowest BCUT2D eigenvalue weighted by atomic mass is 10.3. The van der Waals surface area contributed by atoms with Crippen molar-refractivity contribution in [2.75, 3.05) is 72.8 Å². The maximum Gasteiger partial charge on any atom is 0.501 e. The molecule has 26 heavy (non-hydrogen) atoms. The average Bonchev–Trinajstić information content (AvgIpc) is 2.67. The predicted octanol–water partition coefficient (Wildman–Crippen LogP) is 2.42. The van der Waals surface area contributed by atoms with Crippen LogP contribution in [0, 0.1) is 0 Å². The number of rotatable bonds is 17. The van der Waals surface area contributed by atoms with Gasteiger partial charge >= 0.3 is 8.80 Å². The maximum absolute atomic E-state index is 6.05. The molecule has 0 aliphatic rings. The van der Waals surface area contributed by atoms with E-state index in [-0.39, 0.29) is 0 Å². The highest BCUT2D eigenvalue weighted by Gasteiger charge is 2.40. The van der Waals surface area contributed by atoms with Gasteiger partial charge in [-0.05, 0) is 18.6 Å². The third-order valence-corrected chi connectivity index (χ3v) is 6.49. The first-order valence-electron chi connectivity index (χ1n) is 8.94. The number of hydrogen-bond donors (Lipinski definition) is 1. The molecule has 1 rings (SSSR count). The third kappa shape index (κ3) is 10.2. The Labute approximate surface area is 158 Å². The second-order valence-corrected chi connectivity index (χ2v) is 8.34. The van der Waals surface area contributed by atoms with Crippen LogP contribution in [0.25, 0.3) is 0 Å². The van der Waals surface area contributed by atoms with E-state index < -0.39 is 8.80 Å². The first kappa shape index (κ1) is 23.0. The largest absolute Gasteiger partial charge is 0.501 e. The summed E-state index contributed by atoms with van der Waals surface area (Å²) in [5, 5.41) is 3.40. The molecule has 1 N–H and O–H groups in total. The van der Waals surface area contributed by atoms with Gasteiger partial charge in [-0.25, -0.2) is 0 Å². The van der Waals surface area contributed by atoms with Crippen molar-refractivity contribution < 1.29 is 27.5 Å². The van der Waals surface area contributed by atoms with Gasteiger partial charge in [0.1, 0.15) is 0 Å². The molecule has 0 aromatic heterocycles. The molecular weight excluding hydrogens is 354 g/mol. The fourth-order valence-electron chi connectivity index (χ4n) is 2.28. The summed E-state index contributed by atoms with van der Waals surface area (Å²) in [5.74, 6) is 0. The molecular formula is C18H33NO6Si. The fraction of sp³-hybridized carbons (Fsp3) is 0.667. The molecule has 0 saturated heterocycles. The topological polar surface area (TPSA) is 67.4 Å². The Morgan fingerprint density at radius 2 is 1.23 bits per heavy atom. The Kier molecular flexibility index (Phi) is 13.4. The molecule has 0 amide bonds. The first-order chi connectivity index (χ1) is 12.8. The molecule has 0 aliphatic carbocycles. The Bertz CT molecular complexity index is 410. The number of anilines is 1. The zero-order valence-electron chi connectivity index (χ0n) is 16.2.